The summed E-state index contributed by atoms with van der Waals surface area (Å²) >= 11 is 1.56. The molecular weight excluding hydrogens is 238 g/mol. The second kappa shape index (κ2) is 5.42. The molecule has 2 atom stereocenters. The predicted octanol–water partition coefficient (Wildman–Crippen LogP) is 1.31. The Hall–Kier alpha value is -1.20. The minimum absolute atomic E-state index is 0.345. The van der Waals surface area contributed by atoms with Crippen LogP contribution in [0.1, 0.15) is 11.5 Å². The van der Waals surface area contributed by atoms with Gasteiger partial charge in [-0.1, -0.05) is 18.2 Å². The van der Waals surface area contributed by atoms with Crippen LogP contribution in [0, 0.1) is 0 Å². The van der Waals surface area contributed by atoms with Crippen LogP contribution < -0.4 is 10.5 Å². The lowest BCUT2D eigenvalue weighted by molar-refractivity contribution is -0.137. The Balaban J connectivity index is 1.84. The Morgan fingerprint density at radius 1 is 1.59 bits per heavy atom. The van der Waals surface area contributed by atoms with Crippen LogP contribution in [0.4, 0.5) is 0 Å². The van der Waals surface area contributed by atoms with E-state index in [4.69, 9.17) is 15.6 Å². The van der Waals surface area contributed by atoms with Gasteiger partial charge in [0, 0.05) is 23.0 Å². The second-order valence-electron chi connectivity index (χ2n) is 4.03. The molecule has 0 saturated carbocycles. The number of aliphatic carboxylic acids is 1. The summed E-state index contributed by atoms with van der Waals surface area (Å²) in [5.41, 5.74) is 6.66. The highest BCUT2D eigenvalue weighted by molar-refractivity contribution is 7.99. The quantitative estimate of drug-likeness (QED) is 0.827. The van der Waals surface area contributed by atoms with Crippen molar-refractivity contribution in [3.05, 3.63) is 29.8 Å². The molecule has 0 aromatic heterocycles. The first-order valence-electron chi connectivity index (χ1n) is 5.46. The number of thioether (sulfide) groups is 1. The van der Waals surface area contributed by atoms with Gasteiger partial charge in [-0.2, -0.15) is 11.8 Å². The van der Waals surface area contributed by atoms with Crippen molar-refractivity contribution in [3.8, 4) is 5.75 Å². The summed E-state index contributed by atoms with van der Waals surface area (Å²) in [5, 5.41) is 8.67. The predicted molar refractivity (Wildman–Crippen MR) is 67.6 cm³/mol. The summed E-state index contributed by atoms with van der Waals surface area (Å²) < 4.78 is 5.56. The topological polar surface area (TPSA) is 72.5 Å². The minimum atomic E-state index is -0.944. The average Bonchev–Trinajstić information content (AvgIpc) is 2.72. The molecule has 3 N–H and O–H groups in total. The smallest absolute Gasteiger partial charge is 0.321 e. The Morgan fingerprint density at radius 2 is 2.35 bits per heavy atom. The van der Waals surface area contributed by atoms with Crippen molar-refractivity contribution in [2.24, 2.45) is 5.73 Å². The zero-order valence-electron chi connectivity index (χ0n) is 9.33. The first-order valence-corrected chi connectivity index (χ1v) is 6.62. The molecule has 2 rings (SSSR count). The lowest BCUT2D eigenvalue weighted by Crippen LogP contribution is -2.32. The minimum Gasteiger partial charge on any atom is -0.493 e. The van der Waals surface area contributed by atoms with Gasteiger partial charge in [0.15, 0.2) is 0 Å². The number of carbonyl (C=O) groups is 1. The lowest BCUT2D eigenvalue weighted by atomic mass is 10.0. The molecule has 1 aromatic carbocycles. The van der Waals surface area contributed by atoms with Gasteiger partial charge in [-0.25, -0.2) is 0 Å². The third-order valence-electron chi connectivity index (χ3n) is 2.73. The fourth-order valence-electron chi connectivity index (χ4n) is 1.78. The summed E-state index contributed by atoms with van der Waals surface area (Å²) in [7, 11) is 0. The van der Waals surface area contributed by atoms with E-state index in [0.717, 1.165) is 11.5 Å². The van der Waals surface area contributed by atoms with Crippen molar-refractivity contribution < 1.29 is 14.6 Å². The fourth-order valence-corrected chi connectivity index (χ4v) is 2.87. The van der Waals surface area contributed by atoms with Gasteiger partial charge >= 0.3 is 5.97 Å². The summed E-state index contributed by atoms with van der Waals surface area (Å²) in [6.07, 6.45) is 0. The largest absolute Gasteiger partial charge is 0.493 e. The standard InChI is InChI=1S/C12H15NO3S/c13-10(12(14)15)7-17-6-8-5-16-11-4-2-1-3-9(8)11/h1-4,8,10H,5-7,13H2,(H,14,15)/t8?,10-/m0/s1. The van der Waals surface area contributed by atoms with Crippen LogP contribution in [0.5, 0.6) is 5.75 Å². The van der Waals surface area contributed by atoms with Gasteiger partial charge in [-0.05, 0) is 6.07 Å². The zero-order chi connectivity index (χ0) is 12.3. The van der Waals surface area contributed by atoms with E-state index in [1.807, 2.05) is 18.2 Å². The molecule has 0 saturated heterocycles. The van der Waals surface area contributed by atoms with Crippen LogP contribution in [0.25, 0.3) is 0 Å². The van der Waals surface area contributed by atoms with E-state index in [-0.39, 0.29) is 0 Å². The second-order valence-corrected chi connectivity index (χ2v) is 5.10. The molecule has 1 heterocycles. The highest BCUT2D eigenvalue weighted by atomic mass is 32.2. The maximum atomic E-state index is 10.6. The highest BCUT2D eigenvalue weighted by Gasteiger charge is 2.23. The molecular formula is C12H15NO3S. The number of fused-ring (bicyclic) bond motifs is 1. The summed E-state index contributed by atoms with van der Waals surface area (Å²) in [6, 6.07) is 7.19. The van der Waals surface area contributed by atoms with Crippen LogP contribution in [0.15, 0.2) is 24.3 Å². The van der Waals surface area contributed by atoms with E-state index < -0.39 is 12.0 Å². The van der Waals surface area contributed by atoms with Gasteiger partial charge in [0.1, 0.15) is 11.8 Å². The van der Waals surface area contributed by atoms with E-state index in [9.17, 15) is 4.79 Å². The van der Waals surface area contributed by atoms with Crippen LogP contribution in [-0.2, 0) is 4.79 Å². The van der Waals surface area contributed by atoms with Crippen LogP contribution in [0.2, 0.25) is 0 Å². The first-order chi connectivity index (χ1) is 8.18. The van der Waals surface area contributed by atoms with Crippen LogP contribution in [-0.4, -0.2) is 35.2 Å². The van der Waals surface area contributed by atoms with E-state index in [0.29, 0.717) is 18.3 Å². The summed E-state index contributed by atoms with van der Waals surface area (Å²) in [4.78, 5) is 10.6. The summed E-state index contributed by atoms with van der Waals surface area (Å²) in [6.45, 7) is 0.675. The molecule has 0 radical (unpaired) electrons. The molecule has 1 unspecified atom stereocenters. The van der Waals surface area contributed by atoms with E-state index >= 15 is 0 Å². The maximum Gasteiger partial charge on any atom is 0.321 e. The monoisotopic (exact) mass is 253 g/mol. The Morgan fingerprint density at radius 3 is 3.12 bits per heavy atom. The van der Waals surface area contributed by atoms with Gasteiger partial charge in [0.25, 0.3) is 0 Å². The number of carboxylic acid groups (broad SMARTS) is 1. The number of nitrogens with two attached hydrogens (primary N) is 1. The third-order valence-corrected chi connectivity index (χ3v) is 3.97. The van der Waals surface area contributed by atoms with Crippen molar-refractivity contribution in [1.82, 2.24) is 0 Å². The van der Waals surface area contributed by atoms with Crippen molar-refractivity contribution in [2.45, 2.75) is 12.0 Å². The molecule has 4 nitrogen and oxygen atoms in total. The fraction of sp³-hybridized carbons (Fsp3) is 0.417. The number of carboxylic acids is 1. The van der Waals surface area contributed by atoms with Crippen molar-refractivity contribution >= 4 is 17.7 Å². The molecule has 1 aliphatic rings. The maximum absolute atomic E-state index is 10.6. The zero-order valence-corrected chi connectivity index (χ0v) is 10.2. The Kier molecular flexibility index (Phi) is 3.91. The molecule has 1 aromatic rings. The number of hydrogen-bond acceptors (Lipinski definition) is 4. The normalized spacial score (nSPS) is 19.5. The number of rotatable bonds is 5. The number of hydrogen-bond donors (Lipinski definition) is 2. The number of benzene rings is 1. The van der Waals surface area contributed by atoms with Crippen LogP contribution in [0.3, 0.4) is 0 Å². The molecule has 92 valence electrons. The average molecular weight is 253 g/mol. The van der Waals surface area contributed by atoms with Gasteiger partial charge in [0.05, 0.1) is 6.61 Å². The third kappa shape index (κ3) is 2.92. The first kappa shape index (κ1) is 12.3. The SMILES string of the molecule is N[C@@H](CSCC1COc2ccccc21)C(=O)O. The molecule has 17 heavy (non-hydrogen) atoms. The molecule has 0 amide bonds. The highest BCUT2D eigenvalue weighted by Crippen LogP contribution is 2.35. The van der Waals surface area contributed by atoms with Gasteiger partial charge in [-0.15, -0.1) is 0 Å². The van der Waals surface area contributed by atoms with E-state index in [2.05, 4.69) is 6.07 Å². The summed E-state index contributed by atoms with van der Waals surface area (Å²) in [5.74, 6) is 1.63. The van der Waals surface area contributed by atoms with E-state index in [1.165, 1.54) is 5.56 Å². The molecule has 1 aliphatic heterocycles. The number of para-hydroxylation sites is 1. The van der Waals surface area contributed by atoms with E-state index in [1.54, 1.807) is 11.8 Å². The Labute approximate surface area is 104 Å². The van der Waals surface area contributed by atoms with Crippen molar-refractivity contribution in [2.75, 3.05) is 18.1 Å². The lowest BCUT2D eigenvalue weighted by Gasteiger charge is -2.10. The molecule has 5 heteroatoms. The molecule has 0 fully saturated rings. The molecule has 0 aliphatic carbocycles. The number of ether oxygens (including phenoxy) is 1. The van der Waals surface area contributed by atoms with Crippen LogP contribution >= 0.6 is 11.8 Å². The Bertz CT molecular complexity index is 410. The molecule has 0 bridgehead atoms. The van der Waals surface area contributed by atoms with Gasteiger partial charge in [0.2, 0.25) is 0 Å². The van der Waals surface area contributed by atoms with Gasteiger partial charge < -0.3 is 15.6 Å². The van der Waals surface area contributed by atoms with Crippen molar-refractivity contribution in [3.63, 3.8) is 0 Å². The van der Waals surface area contributed by atoms with Gasteiger partial charge in [-0.3, -0.25) is 4.79 Å². The van der Waals surface area contributed by atoms with Crippen molar-refractivity contribution in [1.29, 1.82) is 0 Å². The molecule has 0 spiro atoms.